The Kier molecular flexibility index (Phi) is 3.78. The molecule has 1 N–H and O–H groups in total. The molecule has 0 aliphatic carbocycles. The number of sulfone groups is 1. The number of ether oxygens (including phenoxy) is 1. The van der Waals surface area contributed by atoms with E-state index in [4.69, 9.17) is 4.74 Å². The number of methoxy groups -OCH3 is 1. The molecular formula is C17H15N3O3S. The Morgan fingerprint density at radius 1 is 1.25 bits per heavy atom. The minimum Gasteiger partial charge on any atom is -0.479 e. The summed E-state index contributed by atoms with van der Waals surface area (Å²) in [6.45, 7) is 1.73. The van der Waals surface area contributed by atoms with Crippen LogP contribution in [0.1, 0.15) is 11.1 Å². The number of hydrogen-bond donors (Lipinski definition) is 1. The number of benzene rings is 2. The zero-order valence-corrected chi connectivity index (χ0v) is 14.2. The van der Waals surface area contributed by atoms with Gasteiger partial charge in [0.2, 0.25) is 5.88 Å². The van der Waals surface area contributed by atoms with E-state index in [0.29, 0.717) is 28.0 Å². The number of H-pyrrole nitrogens is 1. The Morgan fingerprint density at radius 2 is 2.00 bits per heavy atom. The molecule has 7 heteroatoms. The van der Waals surface area contributed by atoms with Crippen LogP contribution in [0.15, 0.2) is 35.2 Å². The molecule has 0 unspecified atom stereocenters. The predicted octanol–water partition coefficient (Wildman–Crippen LogP) is 2.82. The lowest BCUT2D eigenvalue weighted by molar-refractivity contribution is 0.401. The molecule has 0 fully saturated rings. The van der Waals surface area contributed by atoms with Crippen LogP contribution in [-0.2, 0) is 9.84 Å². The average Bonchev–Trinajstić information content (AvgIpc) is 2.95. The molecule has 0 aliphatic rings. The van der Waals surface area contributed by atoms with Gasteiger partial charge in [-0.3, -0.25) is 5.10 Å². The lowest BCUT2D eigenvalue weighted by Gasteiger charge is -2.10. The summed E-state index contributed by atoms with van der Waals surface area (Å²) in [6, 6.07) is 10.7. The quantitative estimate of drug-likeness (QED) is 0.790. The minimum atomic E-state index is -3.30. The minimum absolute atomic E-state index is 0.274. The Labute approximate surface area is 139 Å². The molecule has 6 nitrogen and oxygen atoms in total. The van der Waals surface area contributed by atoms with Gasteiger partial charge in [0.05, 0.1) is 34.5 Å². The predicted molar refractivity (Wildman–Crippen MR) is 90.6 cm³/mol. The van der Waals surface area contributed by atoms with Crippen molar-refractivity contribution in [3.05, 3.63) is 41.5 Å². The second kappa shape index (κ2) is 5.65. The maximum atomic E-state index is 11.8. The van der Waals surface area contributed by atoms with Crippen LogP contribution in [0.25, 0.3) is 22.0 Å². The maximum Gasteiger partial charge on any atom is 0.240 e. The summed E-state index contributed by atoms with van der Waals surface area (Å²) >= 11 is 0. The van der Waals surface area contributed by atoms with E-state index in [1.54, 1.807) is 37.3 Å². The van der Waals surface area contributed by atoms with E-state index in [-0.39, 0.29) is 4.90 Å². The third kappa shape index (κ3) is 2.51. The Morgan fingerprint density at radius 3 is 2.58 bits per heavy atom. The highest BCUT2D eigenvalue weighted by atomic mass is 32.2. The van der Waals surface area contributed by atoms with E-state index in [0.717, 1.165) is 11.1 Å². The summed E-state index contributed by atoms with van der Waals surface area (Å²) in [5, 5.41) is 17.1. The Balaban J connectivity index is 2.36. The van der Waals surface area contributed by atoms with Crippen LogP contribution in [0, 0.1) is 18.3 Å². The first-order valence-corrected chi connectivity index (χ1v) is 9.02. The molecule has 2 aromatic carbocycles. The highest BCUT2D eigenvalue weighted by Gasteiger charge is 2.18. The molecule has 3 aromatic rings. The van der Waals surface area contributed by atoms with E-state index in [1.165, 1.54) is 13.4 Å². The molecule has 0 bridgehead atoms. The highest BCUT2D eigenvalue weighted by Crippen LogP contribution is 2.37. The molecule has 3 rings (SSSR count). The third-order valence-electron chi connectivity index (χ3n) is 3.87. The smallest absolute Gasteiger partial charge is 0.240 e. The summed E-state index contributed by atoms with van der Waals surface area (Å²) in [7, 11) is -1.79. The zero-order chi connectivity index (χ0) is 17.5. The van der Waals surface area contributed by atoms with Gasteiger partial charge >= 0.3 is 0 Å². The topological polar surface area (TPSA) is 95.8 Å². The van der Waals surface area contributed by atoms with Crippen LogP contribution in [0.4, 0.5) is 0 Å². The van der Waals surface area contributed by atoms with Gasteiger partial charge in [0.15, 0.2) is 9.84 Å². The third-order valence-corrected chi connectivity index (χ3v) is 5.13. The van der Waals surface area contributed by atoms with Gasteiger partial charge in [0, 0.05) is 11.8 Å². The van der Waals surface area contributed by atoms with Gasteiger partial charge < -0.3 is 4.74 Å². The molecule has 24 heavy (non-hydrogen) atoms. The summed E-state index contributed by atoms with van der Waals surface area (Å²) in [5.41, 5.74) is 3.24. The van der Waals surface area contributed by atoms with Crippen LogP contribution in [0.5, 0.6) is 5.88 Å². The highest BCUT2D eigenvalue weighted by molar-refractivity contribution is 7.90. The van der Waals surface area contributed by atoms with Crippen LogP contribution in [0.3, 0.4) is 0 Å². The standard InChI is InChI=1S/C17H15N3O3S/c1-10-8-11(5-7-14(10)24(3,21)22)15-12(9-18)4-6-13-16(15)17(23-2)20-19-13/h4-8H,1-3H3,(H,19,20). The number of fused-ring (bicyclic) bond motifs is 1. The summed E-state index contributed by atoms with van der Waals surface area (Å²) in [5.74, 6) is 0.391. The second-order valence-corrected chi connectivity index (χ2v) is 7.49. The molecular weight excluding hydrogens is 326 g/mol. The molecule has 0 saturated heterocycles. The van der Waals surface area contributed by atoms with Crippen molar-refractivity contribution in [2.24, 2.45) is 0 Å². The SMILES string of the molecule is COc1n[nH]c2ccc(C#N)c(-c3ccc(S(C)(=O)=O)c(C)c3)c12. The van der Waals surface area contributed by atoms with Crippen molar-refractivity contribution in [2.45, 2.75) is 11.8 Å². The fourth-order valence-electron chi connectivity index (χ4n) is 2.85. The molecule has 122 valence electrons. The number of nitrogens with zero attached hydrogens (tertiary/aromatic N) is 2. The molecule has 0 saturated carbocycles. The number of aromatic nitrogens is 2. The van der Waals surface area contributed by atoms with Crippen molar-refractivity contribution in [1.29, 1.82) is 5.26 Å². The first-order chi connectivity index (χ1) is 11.4. The lowest BCUT2D eigenvalue weighted by Crippen LogP contribution is -2.00. The van der Waals surface area contributed by atoms with E-state index in [9.17, 15) is 13.7 Å². The van der Waals surface area contributed by atoms with Gasteiger partial charge in [-0.25, -0.2) is 8.42 Å². The van der Waals surface area contributed by atoms with Gasteiger partial charge in [-0.2, -0.15) is 5.26 Å². The maximum absolute atomic E-state index is 11.8. The summed E-state index contributed by atoms with van der Waals surface area (Å²) in [4.78, 5) is 0.274. The lowest BCUT2D eigenvalue weighted by atomic mass is 9.95. The van der Waals surface area contributed by atoms with Gasteiger partial charge in [-0.1, -0.05) is 12.1 Å². The van der Waals surface area contributed by atoms with E-state index in [1.807, 2.05) is 0 Å². The summed E-state index contributed by atoms with van der Waals surface area (Å²) < 4.78 is 28.9. The van der Waals surface area contributed by atoms with Crippen molar-refractivity contribution < 1.29 is 13.2 Å². The van der Waals surface area contributed by atoms with Crippen LogP contribution in [0.2, 0.25) is 0 Å². The van der Waals surface area contributed by atoms with Gasteiger partial charge in [-0.15, -0.1) is 5.10 Å². The normalized spacial score (nSPS) is 11.4. The molecule has 0 aliphatic heterocycles. The number of nitriles is 1. The zero-order valence-electron chi connectivity index (χ0n) is 13.4. The monoisotopic (exact) mass is 341 g/mol. The number of rotatable bonds is 3. The van der Waals surface area contributed by atoms with Crippen molar-refractivity contribution in [3.63, 3.8) is 0 Å². The number of hydrogen-bond acceptors (Lipinski definition) is 5. The number of nitrogens with one attached hydrogen (secondary N) is 1. The van der Waals surface area contributed by atoms with Crippen LogP contribution in [-0.4, -0.2) is 32.0 Å². The van der Waals surface area contributed by atoms with Gasteiger partial charge in [0.1, 0.15) is 0 Å². The van der Waals surface area contributed by atoms with E-state index in [2.05, 4.69) is 16.3 Å². The number of aromatic amines is 1. The largest absolute Gasteiger partial charge is 0.479 e. The van der Waals surface area contributed by atoms with E-state index < -0.39 is 9.84 Å². The molecule has 0 spiro atoms. The van der Waals surface area contributed by atoms with Crippen molar-refractivity contribution in [3.8, 4) is 23.1 Å². The van der Waals surface area contributed by atoms with Crippen LogP contribution >= 0.6 is 0 Å². The molecule has 1 heterocycles. The second-order valence-electron chi connectivity index (χ2n) is 5.51. The van der Waals surface area contributed by atoms with Crippen molar-refractivity contribution in [1.82, 2.24) is 10.2 Å². The summed E-state index contributed by atoms with van der Waals surface area (Å²) in [6.07, 6.45) is 1.18. The van der Waals surface area contributed by atoms with Crippen molar-refractivity contribution in [2.75, 3.05) is 13.4 Å². The Hall–Kier alpha value is -2.85. The van der Waals surface area contributed by atoms with Gasteiger partial charge in [-0.05, 0) is 36.2 Å². The van der Waals surface area contributed by atoms with Crippen LogP contribution < -0.4 is 4.74 Å². The van der Waals surface area contributed by atoms with Crippen molar-refractivity contribution >= 4 is 20.7 Å². The average molecular weight is 341 g/mol. The fourth-order valence-corrected chi connectivity index (χ4v) is 3.81. The Bertz CT molecular complexity index is 1090. The van der Waals surface area contributed by atoms with Gasteiger partial charge in [0.25, 0.3) is 0 Å². The first kappa shape index (κ1) is 16.0. The number of aryl methyl sites for hydroxylation is 1. The molecule has 0 radical (unpaired) electrons. The molecule has 0 atom stereocenters. The molecule has 1 aromatic heterocycles. The molecule has 0 amide bonds. The van der Waals surface area contributed by atoms with E-state index >= 15 is 0 Å². The fraction of sp³-hybridized carbons (Fsp3) is 0.176. The first-order valence-electron chi connectivity index (χ1n) is 7.13.